The zero-order valence-electron chi connectivity index (χ0n) is 11.9. The fourth-order valence-electron chi connectivity index (χ4n) is 2.88. The topological polar surface area (TPSA) is 0 Å². The second kappa shape index (κ2) is 5.38. The predicted octanol–water partition coefficient (Wildman–Crippen LogP) is 5.73. The fraction of sp³-hybridized carbons (Fsp3) is 0.875. The molecule has 0 aromatic carbocycles. The van der Waals surface area contributed by atoms with E-state index in [0.29, 0.717) is 10.8 Å². The Labute approximate surface area is 103 Å². The SMILES string of the molecule is C=C(C)CCCC1(C)CCC(C)(CC)CC1. The van der Waals surface area contributed by atoms with Crippen molar-refractivity contribution in [1.82, 2.24) is 0 Å². The van der Waals surface area contributed by atoms with E-state index < -0.39 is 0 Å². The van der Waals surface area contributed by atoms with E-state index in [1.807, 2.05) is 0 Å². The van der Waals surface area contributed by atoms with Gasteiger partial charge in [-0.15, -0.1) is 6.58 Å². The monoisotopic (exact) mass is 222 g/mol. The van der Waals surface area contributed by atoms with Gasteiger partial charge in [0, 0.05) is 0 Å². The first kappa shape index (κ1) is 13.8. The average molecular weight is 222 g/mol. The predicted molar refractivity (Wildman–Crippen MR) is 73.6 cm³/mol. The van der Waals surface area contributed by atoms with Crippen LogP contribution in [0, 0.1) is 10.8 Å². The quantitative estimate of drug-likeness (QED) is 0.521. The number of rotatable bonds is 5. The van der Waals surface area contributed by atoms with Crippen LogP contribution in [0.15, 0.2) is 12.2 Å². The highest BCUT2D eigenvalue weighted by Crippen LogP contribution is 2.48. The van der Waals surface area contributed by atoms with Crippen molar-refractivity contribution in [3.63, 3.8) is 0 Å². The van der Waals surface area contributed by atoms with Crippen LogP contribution in [0.2, 0.25) is 0 Å². The molecule has 0 bridgehead atoms. The third-order valence-electron chi connectivity index (χ3n) is 4.90. The summed E-state index contributed by atoms with van der Waals surface area (Å²) in [6.45, 7) is 13.5. The Balaban J connectivity index is 2.35. The molecule has 0 heteroatoms. The van der Waals surface area contributed by atoms with Gasteiger partial charge >= 0.3 is 0 Å². The Hall–Kier alpha value is -0.260. The minimum absolute atomic E-state index is 0.629. The minimum atomic E-state index is 0.629. The molecule has 16 heavy (non-hydrogen) atoms. The van der Waals surface area contributed by atoms with Gasteiger partial charge in [-0.3, -0.25) is 0 Å². The first-order valence-electron chi connectivity index (χ1n) is 7.04. The molecule has 0 aromatic rings. The summed E-state index contributed by atoms with van der Waals surface area (Å²) in [6.07, 6.45) is 11.1. The molecule has 1 saturated carbocycles. The zero-order valence-corrected chi connectivity index (χ0v) is 11.9. The molecule has 0 spiro atoms. The minimum Gasteiger partial charge on any atom is -0.100 e. The highest BCUT2D eigenvalue weighted by molar-refractivity contribution is 4.91. The normalized spacial score (nSPS) is 35.0. The molecule has 0 saturated heterocycles. The van der Waals surface area contributed by atoms with Gasteiger partial charge in [0.15, 0.2) is 0 Å². The van der Waals surface area contributed by atoms with Gasteiger partial charge in [-0.2, -0.15) is 0 Å². The molecule has 0 heterocycles. The van der Waals surface area contributed by atoms with E-state index in [-0.39, 0.29) is 0 Å². The largest absolute Gasteiger partial charge is 0.100 e. The van der Waals surface area contributed by atoms with E-state index in [1.165, 1.54) is 56.9 Å². The third kappa shape index (κ3) is 3.96. The van der Waals surface area contributed by atoms with Gasteiger partial charge in [0.25, 0.3) is 0 Å². The first-order valence-corrected chi connectivity index (χ1v) is 7.04. The Morgan fingerprint density at radius 3 is 2.00 bits per heavy atom. The Bertz CT molecular complexity index is 228. The van der Waals surface area contributed by atoms with E-state index >= 15 is 0 Å². The van der Waals surface area contributed by atoms with E-state index in [2.05, 4.69) is 34.3 Å². The van der Waals surface area contributed by atoms with Crippen LogP contribution in [-0.2, 0) is 0 Å². The number of hydrogen-bond acceptors (Lipinski definition) is 0. The van der Waals surface area contributed by atoms with Crippen LogP contribution < -0.4 is 0 Å². The summed E-state index contributed by atoms with van der Waals surface area (Å²) in [4.78, 5) is 0. The third-order valence-corrected chi connectivity index (χ3v) is 4.90. The van der Waals surface area contributed by atoms with E-state index in [1.54, 1.807) is 0 Å². The van der Waals surface area contributed by atoms with Crippen LogP contribution >= 0.6 is 0 Å². The maximum Gasteiger partial charge on any atom is -0.0325 e. The lowest BCUT2D eigenvalue weighted by atomic mass is 9.63. The lowest BCUT2D eigenvalue weighted by Crippen LogP contribution is -2.30. The Morgan fingerprint density at radius 2 is 1.56 bits per heavy atom. The molecule has 0 atom stereocenters. The standard InChI is InChI=1S/C16H30/c1-6-15(4)10-12-16(5,13-11-15)9-7-8-14(2)3/h2,6-13H2,1,3-5H3. The van der Waals surface area contributed by atoms with Gasteiger partial charge in [-0.05, 0) is 62.7 Å². The molecule has 1 aliphatic rings. The van der Waals surface area contributed by atoms with Gasteiger partial charge in [0.1, 0.15) is 0 Å². The molecule has 0 nitrogen and oxygen atoms in total. The maximum absolute atomic E-state index is 4.00. The summed E-state index contributed by atoms with van der Waals surface area (Å²) in [5.74, 6) is 0. The van der Waals surface area contributed by atoms with Crippen LogP contribution in [0.5, 0.6) is 0 Å². The van der Waals surface area contributed by atoms with E-state index in [9.17, 15) is 0 Å². The Morgan fingerprint density at radius 1 is 1.06 bits per heavy atom. The van der Waals surface area contributed by atoms with Crippen LogP contribution in [0.25, 0.3) is 0 Å². The van der Waals surface area contributed by atoms with Crippen LogP contribution in [0.1, 0.15) is 79.1 Å². The van der Waals surface area contributed by atoms with Crippen molar-refractivity contribution in [3.05, 3.63) is 12.2 Å². The maximum atomic E-state index is 4.00. The molecule has 0 aromatic heterocycles. The molecule has 0 unspecified atom stereocenters. The van der Waals surface area contributed by atoms with Crippen molar-refractivity contribution in [3.8, 4) is 0 Å². The summed E-state index contributed by atoms with van der Waals surface area (Å²) in [5.41, 5.74) is 2.62. The summed E-state index contributed by atoms with van der Waals surface area (Å²) >= 11 is 0. The molecule has 0 aliphatic heterocycles. The lowest BCUT2D eigenvalue weighted by Gasteiger charge is -2.43. The first-order chi connectivity index (χ1) is 7.39. The lowest BCUT2D eigenvalue weighted by molar-refractivity contribution is 0.0909. The molecule has 1 fully saturated rings. The molecule has 0 N–H and O–H groups in total. The molecule has 0 amide bonds. The van der Waals surface area contributed by atoms with Crippen molar-refractivity contribution in [2.75, 3.05) is 0 Å². The summed E-state index contributed by atoms with van der Waals surface area (Å²) < 4.78 is 0. The molecule has 1 rings (SSSR count). The summed E-state index contributed by atoms with van der Waals surface area (Å²) in [5, 5.41) is 0. The van der Waals surface area contributed by atoms with Crippen molar-refractivity contribution < 1.29 is 0 Å². The van der Waals surface area contributed by atoms with Gasteiger partial charge in [0.05, 0.1) is 0 Å². The number of allylic oxidation sites excluding steroid dienone is 1. The smallest absolute Gasteiger partial charge is 0.0325 e. The van der Waals surface area contributed by atoms with Crippen molar-refractivity contribution in [1.29, 1.82) is 0 Å². The molecule has 1 aliphatic carbocycles. The highest BCUT2D eigenvalue weighted by atomic mass is 14.4. The highest BCUT2D eigenvalue weighted by Gasteiger charge is 2.35. The van der Waals surface area contributed by atoms with Gasteiger partial charge in [0.2, 0.25) is 0 Å². The fourth-order valence-corrected chi connectivity index (χ4v) is 2.88. The Kier molecular flexibility index (Phi) is 4.64. The molecule has 94 valence electrons. The molecular formula is C16H30. The van der Waals surface area contributed by atoms with Crippen molar-refractivity contribution in [2.45, 2.75) is 79.1 Å². The van der Waals surface area contributed by atoms with E-state index in [4.69, 9.17) is 0 Å². The zero-order chi connectivity index (χ0) is 12.2. The molecular weight excluding hydrogens is 192 g/mol. The second-order valence-corrected chi connectivity index (χ2v) is 6.79. The average Bonchev–Trinajstić information content (AvgIpc) is 2.23. The van der Waals surface area contributed by atoms with E-state index in [0.717, 1.165) is 0 Å². The van der Waals surface area contributed by atoms with Gasteiger partial charge < -0.3 is 0 Å². The van der Waals surface area contributed by atoms with Crippen LogP contribution in [-0.4, -0.2) is 0 Å². The van der Waals surface area contributed by atoms with Crippen LogP contribution in [0.3, 0.4) is 0 Å². The van der Waals surface area contributed by atoms with Gasteiger partial charge in [-0.1, -0.05) is 32.8 Å². The number of hydrogen-bond donors (Lipinski definition) is 0. The second-order valence-electron chi connectivity index (χ2n) is 6.79. The van der Waals surface area contributed by atoms with Crippen LogP contribution in [0.4, 0.5) is 0 Å². The molecule has 0 radical (unpaired) electrons. The van der Waals surface area contributed by atoms with Gasteiger partial charge in [-0.25, -0.2) is 0 Å². The summed E-state index contributed by atoms with van der Waals surface area (Å²) in [7, 11) is 0. The van der Waals surface area contributed by atoms with Crippen molar-refractivity contribution in [2.24, 2.45) is 10.8 Å². The summed E-state index contributed by atoms with van der Waals surface area (Å²) in [6, 6.07) is 0. The van der Waals surface area contributed by atoms with Crippen molar-refractivity contribution >= 4 is 0 Å².